The predicted octanol–water partition coefficient (Wildman–Crippen LogP) is 2.53. The van der Waals surface area contributed by atoms with E-state index in [4.69, 9.17) is 10.6 Å². The molecule has 0 fully saturated rings. The van der Waals surface area contributed by atoms with Gasteiger partial charge in [0, 0.05) is 12.2 Å². The molecule has 1 rings (SSSR count). The largest absolute Gasteiger partial charge is 0.377 e. The van der Waals surface area contributed by atoms with Crippen molar-refractivity contribution >= 4 is 15.9 Å². The predicted molar refractivity (Wildman–Crippen MR) is 70.0 cm³/mol. The number of halogens is 3. The van der Waals surface area contributed by atoms with Crippen LogP contribution >= 0.6 is 15.9 Å². The molecule has 6 heteroatoms. The van der Waals surface area contributed by atoms with Crippen molar-refractivity contribution in [3.05, 3.63) is 33.8 Å². The molecule has 18 heavy (non-hydrogen) atoms. The zero-order valence-corrected chi connectivity index (χ0v) is 11.9. The van der Waals surface area contributed by atoms with E-state index in [0.717, 1.165) is 0 Å². The van der Waals surface area contributed by atoms with E-state index >= 15 is 0 Å². The van der Waals surface area contributed by atoms with Gasteiger partial charge in [0.05, 0.1) is 16.6 Å². The summed E-state index contributed by atoms with van der Waals surface area (Å²) >= 11 is 3.04. The zero-order valence-electron chi connectivity index (χ0n) is 10.3. The van der Waals surface area contributed by atoms with Gasteiger partial charge in [-0.15, -0.1) is 0 Å². The van der Waals surface area contributed by atoms with Gasteiger partial charge in [0.25, 0.3) is 0 Å². The van der Waals surface area contributed by atoms with E-state index in [1.165, 1.54) is 12.1 Å². The molecule has 0 amide bonds. The van der Waals surface area contributed by atoms with Gasteiger partial charge in [0.2, 0.25) is 0 Å². The van der Waals surface area contributed by atoms with Crippen LogP contribution < -0.4 is 11.3 Å². The van der Waals surface area contributed by atoms with Crippen LogP contribution in [0.25, 0.3) is 0 Å². The van der Waals surface area contributed by atoms with Crippen molar-refractivity contribution in [1.29, 1.82) is 0 Å². The molecule has 0 saturated heterocycles. The third kappa shape index (κ3) is 3.71. The zero-order chi connectivity index (χ0) is 13.7. The minimum absolute atomic E-state index is 0.00104. The normalized spacial score (nSPS) is 14.6. The molecule has 0 radical (unpaired) electrons. The second-order valence-corrected chi connectivity index (χ2v) is 4.81. The number of hydrogen-bond donors (Lipinski definition) is 2. The first kappa shape index (κ1) is 15.5. The van der Waals surface area contributed by atoms with E-state index in [1.54, 1.807) is 0 Å². The summed E-state index contributed by atoms with van der Waals surface area (Å²) in [4.78, 5) is 0. The fraction of sp³-hybridized carbons (Fsp3) is 0.500. The quantitative estimate of drug-likeness (QED) is 0.480. The maximum atomic E-state index is 13.8. The molecule has 0 heterocycles. The second-order valence-electron chi connectivity index (χ2n) is 3.96. The van der Waals surface area contributed by atoms with Crippen LogP contribution in [0.15, 0.2) is 16.6 Å². The highest BCUT2D eigenvalue weighted by atomic mass is 79.9. The lowest BCUT2D eigenvalue weighted by molar-refractivity contribution is 0.0472. The van der Waals surface area contributed by atoms with Gasteiger partial charge in [-0.2, -0.15) is 0 Å². The number of rotatable bonds is 6. The van der Waals surface area contributed by atoms with Gasteiger partial charge in [-0.05, 0) is 48.3 Å². The highest BCUT2D eigenvalue weighted by Gasteiger charge is 2.21. The SMILES string of the molecule is CCOC(C)C(Cc1c(F)ccc(Br)c1F)NN. The number of ether oxygens (including phenoxy) is 1. The molecule has 0 bridgehead atoms. The lowest BCUT2D eigenvalue weighted by Gasteiger charge is -2.23. The molecule has 1 aromatic rings. The molecule has 2 atom stereocenters. The first-order chi connectivity index (χ1) is 8.51. The maximum absolute atomic E-state index is 13.8. The fourth-order valence-corrected chi connectivity index (χ4v) is 2.09. The molecule has 0 aliphatic rings. The van der Waals surface area contributed by atoms with Gasteiger partial charge in [-0.3, -0.25) is 11.3 Å². The number of benzene rings is 1. The Balaban J connectivity index is 2.91. The molecule has 3 nitrogen and oxygen atoms in total. The number of hydrogen-bond acceptors (Lipinski definition) is 3. The highest BCUT2D eigenvalue weighted by molar-refractivity contribution is 9.10. The number of nitrogens with two attached hydrogens (primary N) is 1. The lowest BCUT2D eigenvalue weighted by atomic mass is 10.0. The van der Waals surface area contributed by atoms with Crippen LogP contribution in [0.2, 0.25) is 0 Å². The van der Waals surface area contributed by atoms with E-state index in [-0.39, 0.29) is 28.6 Å². The van der Waals surface area contributed by atoms with Gasteiger partial charge >= 0.3 is 0 Å². The summed E-state index contributed by atoms with van der Waals surface area (Å²) in [5.41, 5.74) is 2.53. The molecule has 0 aliphatic heterocycles. The smallest absolute Gasteiger partial charge is 0.143 e. The van der Waals surface area contributed by atoms with Gasteiger partial charge in [0.1, 0.15) is 11.6 Å². The third-order valence-electron chi connectivity index (χ3n) is 2.77. The van der Waals surface area contributed by atoms with E-state index < -0.39 is 11.6 Å². The van der Waals surface area contributed by atoms with Crippen molar-refractivity contribution < 1.29 is 13.5 Å². The van der Waals surface area contributed by atoms with Crippen LogP contribution in [0.3, 0.4) is 0 Å². The minimum atomic E-state index is -0.598. The van der Waals surface area contributed by atoms with Crippen molar-refractivity contribution in [2.24, 2.45) is 5.84 Å². The Morgan fingerprint density at radius 1 is 1.44 bits per heavy atom. The first-order valence-corrected chi connectivity index (χ1v) is 6.50. The van der Waals surface area contributed by atoms with Crippen LogP contribution in [0.5, 0.6) is 0 Å². The Morgan fingerprint density at radius 3 is 2.67 bits per heavy atom. The van der Waals surface area contributed by atoms with E-state index in [1.807, 2.05) is 13.8 Å². The van der Waals surface area contributed by atoms with Crippen LogP contribution in [0.4, 0.5) is 8.78 Å². The van der Waals surface area contributed by atoms with E-state index in [9.17, 15) is 8.78 Å². The van der Waals surface area contributed by atoms with Gasteiger partial charge in [-0.25, -0.2) is 8.78 Å². The topological polar surface area (TPSA) is 47.3 Å². The molecule has 3 N–H and O–H groups in total. The molecule has 0 aliphatic carbocycles. The summed E-state index contributed by atoms with van der Waals surface area (Å²) in [6, 6.07) is 2.20. The fourth-order valence-electron chi connectivity index (χ4n) is 1.72. The van der Waals surface area contributed by atoms with Crippen molar-refractivity contribution in [3.8, 4) is 0 Å². The summed E-state index contributed by atoms with van der Waals surface area (Å²) in [6.45, 7) is 4.18. The maximum Gasteiger partial charge on any atom is 0.143 e. The average Bonchev–Trinajstić information content (AvgIpc) is 2.34. The van der Waals surface area contributed by atoms with Crippen molar-refractivity contribution in [2.45, 2.75) is 32.4 Å². The molecule has 0 aromatic heterocycles. The average molecular weight is 323 g/mol. The van der Waals surface area contributed by atoms with Crippen molar-refractivity contribution in [2.75, 3.05) is 6.61 Å². The highest BCUT2D eigenvalue weighted by Crippen LogP contribution is 2.23. The minimum Gasteiger partial charge on any atom is -0.377 e. The van der Waals surface area contributed by atoms with Crippen LogP contribution in [0, 0.1) is 11.6 Å². The second kappa shape index (κ2) is 7.13. The number of hydrazine groups is 1. The van der Waals surface area contributed by atoms with E-state index in [2.05, 4.69) is 21.4 Å². The van der Waals surface area contributed by atoms with Crippen molar-refractivity contribution in [3.63, 3.8) is 0 Å². The van der Waals surface area contributed by atoms with Crippen LogP contribution in [-0.4, -0.2) is 18.8 Å². The monoisotopic (exact) mass is 322 g/mol. The van der Waals surface area contributed by atoms with Crippen LogP contribution in [-0.2, 0) is 11.2 Å². The summed E-state index contributed by atoms with van der Waals surface area (Å²) in [5.74, 6) is 4.22. The van der Waals surface area contributed by atoms with Gasteiger partial charge in [-0.1, -0.05) is 0 Å². The summed E-state index contributed by atoms with van der Waals surface area (Å²) < 4.78 is 33.0. The summed E-state index contributed by atoms with van der Waals surface area (Å²) in [5, 5.41) is 0. The Morgan fingerprint density at radius 2 is 2.11 bits per heavy atom. The molecular weight excluding hydrogens is 306 g/mol. The van der Waals surface area contributed by atoms with Gasteiger partial charge in [0.15, 0.2) is 0 Å². The summed E-state index contributed by atoms with van der Waals surface area (Å²) in [7, 11) is 0. The van der Waals surface area contributed by atoms with Crippen LogP contribution in [0.1, 0.15) is 19.4 Å². The number of nitrogens with one attached hydrogen (secondary N) is 1. The molecule has 2 unspecified atom stereocenters. The Bertz CT molecular complexity index is 404. The van der Waals surface area contributed by atoms with Crippen molar-refractivity contribution in [1.82, 2.24) is 5.43 Å². The molecule has 0 saturated carbocycles. The van der Waals surface area contributed by atoms with E-state index in [0.29, 0.717) is 6.61 Å². The molecule has 102 valence electrons. The first-order valence-electron chi connectivity index (χ1n) is 5.71. The molecule has 1 aromatic carbocycles. The lowest BCUT2D eigenvalue weighted by Crippen LogP contribution is -2.45. The molecule has 0 spiro atoms. The summed E-state index contributed by atoms with van der Waals surface area (Å²) in [6.07, 6.45) is -0.118. The standard InChI is InChI=1S/C12H17BrF2N2O/c1-3-18-7(2)11(17-16)6-8-10(14)5-4-9(13)12(8)15/h4-5,7,11,17H,3,6,16H2,1-2H3. The Kier molecular flexibility index (Phi) is 6.14. The third-order valence-corrected chi connectivity index (χ3v) is 3.39. The Labute approximate surface area is 114 Å². The van der Waals surface area contributed by atoms with Gasteiger partial charge < -0.3 is 4.74 Å². The molecular formula is C12H17BrF2N2O. The Hall–Kier alpha value is -0.560.